The molecule has 1 aliphatic rings. The molecule has 0 aliphatic heterocycles. The highest BCUT2D eigenvalue weighted by Gasteiger charge is 2.25. The maximum absolute atomic E-state index is 13.3. The van der Waals surface area contributed by atoms with Crippen molar-refractivity contribution in [1.82, 2.24) is 24.3 Å². The van der Waals surface area contributed by atoms with Crippen molar-refractivity contribution in [2.75, 3.05) is 20.3 Å². The van der Waals surface area contributed by atoms with Gasteiger partial charge in [-0.25, -0.2) is 22.6 Å². The normalized spacial score (nSPS) is 14.7. The van der Waals surface area contributed by atoms with Crippen LogP contribution in [0.4, 0.5) is 0 Å². The van der Waals surface area contributed by atoms with E-state index in [-0.39, 0.29) is 28.7 Å². The minimum Gasteiger partial charge on any atom is -0.497 e. The van der Waals surface area contributed by atoms with E-state index in [0.717, 1.165) is 42.8 Å². The number of nitrogens with one attached hydrogen (secondary N) is 2. The van der Waals surface area contributed by atoms with Crippen LogP contribution in [0.15, 0.2) is 52.2 Å². The Hall–Kier alpha value is -3.70. The summed E-state index contributed by atoms with van der Waals surface area (Å²) in [6, 6.07) is 12.1. The molecule has 0 saturated heterocycles. The summed E-state index contributed by atoms with van der Waals surface area (Å²) in [6.07, 6.45) is 7.16. The van der Waals surface area contributed by atoms with Crippen molar-refractivity contribution in [2.45, 2.75) is 69.6 Å². The minimum absolute atomic E-state index is 0.0548. The van der Waals surface area contributed by atoms with E-state index in [1.165, 1.54) is 25.0 Å². The number of aryl methyl sites for hydroxylation is 1. The third-order valence-electron chi connectivity index (χ3n) is 7.60. The number of hydrogen-bond donors (Lipinski definition) is 2. The molecule has 2 aromatic carbocycles. The number of imidazole rings is 1. The number of fused-ring (bicyclic) bond motifs is 1. The second-order valence-corrected chi connectivity index (χ2v) is 12.2. The summed E-state index contributed by atoms with van der Waals surface area (Å²) in [7, 11) is -2.25. The Bertz CT molecular complexity index is 1670. The molecule has 1 saturated carbocycles. The first-order chi connectivity index (χ1) is 19.8. The number of rotatable bonds is 10. The van der Waals surface area contributed by atoms with Gasteiger partial charge in [-0.15, -0.1) is 5.10 Å². The van der Waals surface area contributed by atoms with Gasteiger partial charge in [0.25, 0.3) is 5.56 Å². The number of methoxy groups -OCH3 is 1. The fourth-order valence-electron chi connectivity index (χ4n) is 5.46. The van der Waals surface area contributed by atoms with E-state index in [9.17, 15) is 13.2 Å². The van der Waals surface area contributed by atoms with E-state index in [1.54, 1.807) is 17.7 Å². The zero-order valence-corrected chi connectivity index (χ0v) is 24.6. The van der Waals surface area contributed by atoms with E-state index in [0.29, 0.717) is 35.6 Å². The van der Waals surface area contributed by atoms with Gasteiger partial charge in [-0.1, -0.05) is 37.8 Å². The Labute approximate surface area is 240 Å². The van der Waals surface area contributed by atoms with Crippen molar-refractivity contribution in [3.05, 3.63) is 69.9 Å². The van der Waals surface area contributed by atoms with Crippen LogP contribution < -0.4 is 19.8 Å². The van der Waals surface area contributed by atoms with E-state index < -0.39 is 10.0 Å². The molecule has 2 N–H and O–H groups in total. The lowest BCUT2D eigenvalue weighted by Crippen LogP contribution is -2.26. The topological polar surface area (TPSA) is 128 Å². The number of sulfonamides is 1. The van der Waals surface area contributed by atoms with Crippen LogP contribution in [-0.4, -0.2) is 48.3 Å². The highest BCUT2D eigenvalue weighted by Crippen LogP contribution is 2.33. The molecule has 0 radical (unpaired) electrons. The molecule has 218 valence electrons. The Kier molecular flexibility index (Phi) is 8.74. The molecular weight excluding hydrogens is 542 g/mol. The van der Waals surface area contributed by atoms with Gasteiger partial charge < -0.3 is 14.5 Å². The maximum Gasteiger partial charge on any atom is 0.277 e. The SMILES string of the molecule is CCOc1ccc(S(=O)(=O)NCCc2ccc(OC)cc2)cc1-c1nn2c(C3CCCCCC3)nc(C)c2c(=O)[nH]1. The molecular formula is C30H37N5O5S. The van der Waals surface area contributed by atoms with E-state index in [1.807, 2.05) is 38.1 Å². The Balaban J connectivity index is 1.48. The zero-order valence-electron chi connectivity index (χ0n) is 23.8. The van der Waals surface area contributed by atoms with Gasteiger partial charge >= 0.3 is 0 Å². The molecule has 11 heteroatoms. The summed E-state index contributed by atoms with van der Waals surface area (Å²) in [4.78, 5) is 21.0. The van der Waals surface area contributed by atoms with Crippen molar-refractivity contribution in [3.8, 4) is 22.9 Å². The molecule has 1 aliphatic carbocycles. The number of aromatic amines is 1. The van der Waals surface area contributed by atoms with Crippen LogP contribution >= 0.6 is 0 Å². The first kappa shape index (κ1) is 28.8. The number of aromatic nitrogens is 4. The van der Waals surface area contributed by atoms with E-state index in [4.69, 9.17) is 19.6 Å². The Morgan fingerprint density at radius 1 is 1.07 bits per heavy atom. The Morgan fingerprint density at radius 3 is 2.49 bits per heavy atom. The Morgan fingerprint density at radius 2 is 1.80 bits per heavy atom. The second-order valence-electron chi connectivity index (χ2n) is 10.4. The van der Waals surface area contributed by atoms with Crippen LogP contribution in [0, 0.1) is 6.92 Å². The van der Waals surface area contributed by atoms with Gasteiger partial charge in [0, 0.05) is 12.5 Å². The van der Waals surface area contributed by atoms with Crippen LogP contribution in [0.5, 0.6) is 11.5 Å². The summed E-state index contributed by atoms with van der Waals surface area (Å²) in [5.41, 5.74) is 2.09. The largest absolute Gasteiger partial charge is 0.497 e. The monoisotopic (exact) mass is 579 g/mol. The third kappa shape index (κ3) is 6.31. The first-order valence-electron chi connectivity index (χ1n) is 14.2. The molecule has 41 heavy (non-hydrogen) atoms. The predicted octanol–water partition coefficient (Wildman–Crippen LogP) is 4.76. The summed E-state index contributed by atoms with van der Waals surface area (Å²) >= 11 is 0. The molecule has 0 amide bonds. The van der Waals surface area contributed by atoms with Gasteiger partial charge in [0.2, 0.25) is 10.0 Å². The van der Waals surface area contributed by atoms with Gasteiger partial charge in [-0.3, -0.25) is 4.79 Å². The van der Waals surface area contributed by atoms with Crippen LogP contribution in [0.1, 0.15) is 68.4 Å². The molecule has 2 aromatic heterocycles. The zero-order chi connectivity index (χ0) is 29.0. The summed E-state index contributed by atoms with van der Waals surface area (Å²) in [6.45, 7) is 4.25. The van der Waals surface area contributed by atoms with Crippen LogP contribution in [-0.2, 0) is 16.4 Å². The standard InChI is InChI=1S/C30H37N5O5S/c1-4-40-26-16-15-24(41(37,38)31-18-17-21-11-13-23(39-3)14-12-21)19-25(26)28-33-30(36)27-20(2)32-29(35(27)34-28)22-9-7-5-6-8-10-22/h11-16,19,22,31H,4-10,17-18H2,1-3H3,(H,33,34,36). The van der Waals surface area contributed by atoms with E-state index >= 15 is 0 Å². The molecule has 5 rings (SSSR count). The van der Waals surface area contributed by atoms with Gasteiger partial charge in [0.15, 0.2) is 11.3 Å². The lowest BCUT2D eigenvalue weighted by molar-refractivity contribution is 0.341. The van der Waals surface area contributed by atoms with Crippen molar-refractivity contribution in [3.63, 3.8) is 0 Å². The summed E-state index contributed by atoms with van der Waals surface area (Å²) in [5, 5.41) is 4.81. The van der Waals surface area contributed by atoms with Crippen molar-refractivity contribution in [1.29, 1.82) is 0 Å². The van der Waals surface area contributed by atoms with Gasteiger partial charge in [-0.05, 0) is 69.0 Å². The molecule has 10 nitrogen and oxygen atoms in total. The molecule has 1 fully saturated rings. The maximum atomic E-state index is 13.3. The molecule has 0 unspecified atom stereocenters. The number of hydrogen-bond acceptors (Lipinski definition) is 7. The van der Waals surface area contributed by atoms with Gasteiger partial charge in [-0.2, -0.15) is 0 Å². The number of benzene rings is 2. The van der Waals surface area contributed by atoms with Crippen molar-refractivity contribution in [2.24, 2.45) is 0 Å². The van der Waals surface area contributed by atoms with Gasteiger partial charge in [0.1, 0.15) is 17.3 Å². The lowest BCUT2D eigenvalue weighted by atomic mass is 10.00. The summed E-state index contributed by atoms with van der Waals surface area (Å²) in [5.74, 6) is 2.41. The summed E-state index contributed by atoms with van der Waals surface area (Å²) < 4.78 is 41.9. The third-order valence-corrected chi connectivity index (χ3v) is 9.06. The lowest BCUT2D eigenvalue weighted by Gasteiger charge is -2.15. The van der Waals surface area contributed by atoms with Crippen molar-refractivity contribution >= 4 is 15.5 Å². The van der Waals surface area contributed by atoms with Crippen molar-refractivity contribution < 1.29 is 17.9 Å². The quantitative estimate of drug-likeness (QED) is 0.259. The average Bonchev–Trinajstić information content (AvgIpc) is 3.12. The molecule has 4 aromatic rings. The molecule has 0 bridgehead atoms. The molecule has 0 spiro atoms. The fraction of sp³-hybridized carbons (Fsp3) is 0.433. The highest BCUT2D eigenvalue weighted by molar-refractivity contribution is 7.89. The minimum atomic E-state index is -3.85. The van der Waals surface area contributed by atoms with Gasteiger partial charge in [0.05, 0.1) is 29.9 Å². The van der Waals surface area contributed by atoms with Crippen LogP contribution in [0.25, 0.3) is 16.9 Å². The number of H-pyrrole nitrogens is 1. The van der Waals surface area contributed by atoms with Crippen LogP contribution in [0.3, 0.4) is 0 Å². The van der Waals surface area contributed by atoms with Crippen LogP contribution in [0.2, 0.25) is 0 Å². The average molecular weight is 580 g/mol. The predicted molar refractivity (Wildman–Crippen MR) is 157 cm³/mol. The fourth-order valence-corrected chi connectivity index (χ4v) is 6.52. The highest BCUT2D eigenvalue weighted by atomic mass is 32.2. The number of ether oxygens (including phenoxy) is 2. The first-order valence-corrected chi connectivity index (χ1v) is 15.7. The van der Waals surface area contributed by atoms with E-state index in [2.05, 4.69) is 9.71 Å². The molecule has 0 atom stereocenters. The second kappa shape index (κ2) is 12.4. The smallest absolute Gasteiger partial charge is 0.277 e. The molecule has 2 heterocycles. The number of nitrogens with zero attached hydrogens (tertiary/aromatic N) is 3.